The van der Waals surface area contributed by atoms with Gasteiger partial charge >= 0.3 is 5.97 Å². The van der Waals surface area contributed by atoms with Gasteiger partial charge in [0.25, 0.3) is 5.56 Å². The first-order valence-electron chi connectivity index (χ1n) is 7.05. The second kappa shape index (κ2) is 7.17. The summed E-state index contributed by atoms with van der Waals surface area (Å²) >= 11 is 1.17. The molecule has 0 bridgehead atoms. The molecule has 0 saturated carbocycles. The second-order valence-corrected chi connectivity index (χ2v) is 5.61. The number of anilines is 2. The van der Waals surface area contributed by atoms with Crippen molar-refractivity contribution in [2.24, 2.45) is 0 Å². The lowest BCUT2D eigenvalue weighted by atomic mass is 10.2. The van der Waals surface area contributed by atoms with Crippen molar-refractivity contribution in [2.45, 2.75) is 33.6 Å². The molecule has 2 aromatic heterocycles. The molecule has 0 aliphatic heterocycles. The third-order valence-corrected chi connectivity index (χ3v) is 3.84. The molecule has 0 aliphatic carbocycles. The molecule has 2 rings (SSSR count). The lowest BCUT2D eigenvalue weighted by Crippen LogP contribution is -2.12. The smallest absolute Gasteiger partial charge is 0.350 e. The van der Waals surface area contributed by atoms with E-state index in [4.69, 9.17) is 4.74 Å². The molecule has 2 N–H and O–H groups in total. The van der Waals surface area contributed by atoms with Crippen molar-refractivity contribution in [3.8, 4) is 0 Å². The van der Waals surface area contributed by atoms with E-state index >= 15 is 0 Å². The Morgan fingerprint density at radius 3 is 2.86 bits per heavy atom. The van der Waals surface area contributed by atoms with Crippen LogP contribution in [0.4, 0.5) is 11.1 Å². The summed E-state index contributed by atoms with van der Waals surface area (Å²) in [4.78, 5) is 35.0. The monoisotopic (exact) mass is 322 g/mol. The fraction of sp³-hybridized carbons (Fsp3) is 0.429. The largest absolute Gasteiger partial charge is 0.462 e. The van der Waals surface area contributed by atoms with Gasteiger partial charge in [0.05, 0.1) is 12.3 Å². The molecule has 0 radical (unpaired) electrons. The minimum atomic E-state index is -0.397. The zero-order valence-electron chi connectivity index (χ0n) is 12.7. The van der Waals surface area contributed by atoms with E-state index in [0.717, 1.165) is 12.8 Å². The number of thiazole rings is 1. The van der Waals surface area contributed by atoms with Crippen LogP contribution >= 0.6 is 11.3 Å². The number of hydrogen-bond donors (Lipinski definition) is 2. The lowest BCUT2D eigenvalue weighted by Gasteiger charge is -2.03. The van der Waals surface area contributed by atoms with E-state index in [-0.39, 0.29) is 5.56 Å². The average molecular weight is 322 g/mol. The Morgan fingerprint density at radius 1 is 1.41 bits per heavy atom. The van der Waals surface area contributed by atoms with E-state index in [1.54, 1.807) is 13.8 Å². The molecule has 0 aromatic carbocycles. The molecule has 0 atom stereocenters. The molecule has 0 amide bonds. The summed E-state index contributed by atoms with van der Waals surface area (Å²) in [7, 11) is 0. The lowest BCUT2D eigenvalue weighted by molar-refractivity contribution is 0.0531. The Hall–Kier alpha value is -2.22. The van der Waals surface area contributed by atoms with Gasteiger partial charge in [-0.3, -0.25) is 9.78 Å². The highest BCUT2D eigenvalue weighted by Crippen LogP contribution is 2.25. The van der Waals surface area contributed by atoms with Gasteiger partial charge in [0.2, 0.25) is 5.95 Å². The highest BCUT2D eigenvalue weighted by Gasteiger charge is 2.16. The van der Waals surface area contributed by atoms with Crippen LogP contribution in [0.1, 0.15) is 41.3 Å². The Labute approximate surface area is 131 Å². The molecule has 0 fully saturated rings. The summed E-state index contributed by atoms with van der Waals surface area (Å²) in [6, 6.07) is 1.48. The number of H-pyrrole nitrogens is 1. The SMILES string of the molecule is CCCc1cc(=O)[nH]c(Nc2nc(C)c(C(=O)OCC)s2)n1. The van der Waals surface area contributed by atoms with Gasteiger partial charge in [-0.05, 0) is 20.3 Å². The molecule has 0 unspecified atom stereocenters. The second-order valence-electron chi connectivity index (χ2n) is 4.61. The zero-order chi connectivity index (χ0) is 16.1. The number of aryl methyl sites for hydroxylation is 2. The maximum Gasteiger partial charge on any atom is 0.350 e. The summed E-state index contributed by atoms with van der Waals surface area (Å²) < 4.78 is 4.97. The minimum absolute atomic E-state index is 0.222. The highest BCUT2D eigenvalue weighted by molar-refractivity contribution is 7.17. The average Bonchev–Trinajstić information content (AvgIpc) is 2.79. The Kier molecular flexibility index (Phi) is 5.26. The van der Waals surface area contributed by atoms with Crippen molar-refractivity contribution in [3.63, 3.8) is 0 Å². The molecule has 118 valence electrons. The fourth-order valence-corrected chi connectivity index (χ4v) is 2.75. The Balaban J connectivity index is 2.22. The van der Waals surface area contributed by atoms with Crippen LogP contribution in [0, 0.1) is 6.92 Å². The summed E-state index contributed by atoms with van der Waals surface area (Å²) in [5, 5.41) is 3.42. The minimum Gasteiger partial charge on any atom is -0.462 e. The number of hydrogen-bond acceptors (Lipinski definition) is 7. The van der Waals surface area contributed by atoms with Gasteiger partial charge in [0, 0.05) is 11.8 Å². The van der Waals surface area contributed by atoms with Crippen molar-refractivity contribution in [3.05, 3.63) is 32.7 Å². The highest BCUT2D eigenvalue weighted by atomic mass is 32.1. The van der Waals surface area contributed by atoms with E-state index in [2.05, 4.69) is 20.3 Å². The molecular formula is C14H18N4O3S. The van der Waals surface area contributed by atoms with Gasteiger partial charge in [0.1, 0.15) is 4.88 Å². The zero-order valence-corrected chi connectivity index (χ0v) is 13.5. The molecule has 7 nitrogen and oxygen atoms in total. The third kappa shape index (κ3) is 3.91. The number of esters is 1. The quantitative estimate of drug-likeness (QED) is 0.793. The van der Waals surface area contributed by atoms with Crippen molar-refractivity contribution >= 4 is 28.4 Å². The van der Waals surface area contributed by atoms with Gasteiger partial charge in [-0.2, -0.15) is 0 Å². The molecule has 8 heteroatoms. The van der Waals surface area contributed by atoms with Gasteiger partial charge in [-0.1, -0.05) is 24.7 Å². The van der Waals surface area contributed by atoms with Crippen LogP contribution in [0.3, 0.4) is 0 Å². The predicted octanol–water partition coefficient (Wildman–Crippen LogP) is 2.41. The number of aromatic nitrogens is 3. The maximum atomic E-state index is 11.8. The van der Waals surface area contributed by atoms with Crippen LogP contribution in [0.15, 0.2) is 10.9 Å². The third-order valence-electron chi connectivity index (χ3n) is 2.78. The van der Waals surface area contributed by atoms with Crippen LogP contribution in [0.2, 0.25) is 0 Å². The molecule has 2 aromatic rings. The predicted molar refractivity (Wildman–Crippen MR) is 84.9 cm³/mol. The molecule has 22 heavy (non-hydrogen) atoms. The van der Waals surface area contributed by atoms with E-state index in [1.165, 1.54) is 17.4 Å². The number of nitrogens with zero attached hydrogens (tertiary/aromatic N) is 2. The van der Waals surface area contributed by atoms with Crippen LogP contribution in [0.5, 0.6) is 0 Å². The number of carbonyl (C=O) groups is 1. The number of rotatable bonds is 6. The van der Waals surface area contributed by atoms with Gasteiger partial charge in [0.15, 0.2) is 5.13 Å². The van der Waals surface area contributed by atoms with Crippen molar-refractivity contribution in [2.75, 3.05) is 11.9 Å². The summed E-state index contributed by atoms with van der Waals surface area (Å²) in [5.41, 5.74) is 1.07. The first-order chi connectivity index (χ1) is 10.5. The molecule has 0 aliphatic rings. The van der Waals surface area contributed by atoms with Gasteiger partial charge < -0.3 is 10.1 Å². The van der Waals surface area contributed by atoms with E-state index in [1.807, 2.05) is 6.92 Å². The summed E-state index contributed by atoms with van der Waals surface area (Å²) in [6.07, 6.45) is 1.63. The normalized spacial score (nSPS) is 10.5. The molecular weight excluding hydrogens is 304 g/mol. The maximum absolute atomic E-state index is 11.8. The van der Waals surface area contributed by atoms with Crippen LogP contribution in [-0.4, -0.2) is 27.5 Å². The Bertz CT molecular complexity index is 723. The van der Waals surface area contributed by atoms with Crippen LogP contribution < -0.4 is 10.9 Å². The van der Waals surface area contributed by atoms with Crippen molar-refractivity contribution < 1.29 is 9.53 Å². The first kappa shape index (κ1) is 16.2. The molecule has 0 spiro atoms. The summed E-state index contributed by atoms with van der Waals surface area (Å²) in [5.74, 6) is -0.0770. The number of nitrogens with one attached hydrogen (secondary N) is 2. The van der Waals surface area contributed by atoms with Crippen molar-refractivity contribution in [1.82, 2.24) is 15.0 Å². The topological polar surface area (TPSA) is 97.0 Å². The van der Waals surface area contributed by atoms with Gasteiger partial charge in [-0.25, -0.2) is 14.8 Å². The number of aromatic amines is 1. The molecule has 2 heterocycles. The van der Waals surface area contributed by atoms with Crippen LogP contribution in [0.25, 0.3) is 0 Å². The van der Waals surface area contributed by atoms with Crippen LogP contribution in [-0.2, 0) is 11.2 Å². The number of ether oxygens (including phenoxy) is 1. The Morgan fingerprint density at radius 2 is 2.18 bits per heavy atom. The first-order valence-corrected chi connectivity index (χ1v) is 7.87. The summed E-state index contributed by atoms with van der Waals surface area (Å²) in [6.45, 7) is 5.82. The van der Waals surface area contributed by atoms with Crippen molar-refractivity contribution in [1.29, 1.82) is 0 Å². The fourth-order valence-electron chi connectivity index (χ4n) is 1.89. The molecule has 0 saturated heterocycles. The van der Waals surface area contributed by atoms with Gasteiger partial charge in [-0.15, -0.1) is 0 Å². The van der Waals surface area contributed by atoms with E-state index in [0.29, 0.717) is 34.0 Å². The van der Waals surface area contributed by atoms with E-state index in [9.17, 15) is 9.59 Å². The number of carbonyl (C=O) groups excluding carboxylic acids is 1. The van der Waals surface area contributed by atoms with E-state index < -0.39 is 5.97 Å². The standard InChI is InChI=1S/C14H18N4O3S/c1-4-6-9-7-10(19)17-13(16-9)18-14-15-8(3)11(22-14)12(20)21-5-2/h7H,4-6H2,1-3H3,(H2,15,16,17,18,19).